The lowest BCUT2D eigenvalue weighted by Crippen LogP contribution is -2.42. The predicted octanol–water partition coefficient (Wildman–Crippen LogP) is 4.92. The molecular formula is C22H36O4. The summed E-state index contributed by atoms with van der Waals surface area (Å²) in [6, 6.07) is 0. The molecule has 0 aliphatic carbocycles. The molecule has 0 spiro atoms. The van der Waals surface area contributed by atoms with E-state index in [1.54, 1.807) is 13.8 Å². The van der Waals surface area contributed by atoms with Gasteiger partial charge in [0.15, 0.2) is 5.41 Å². The number of terminal acetylenes is 1. The summed E-state index contributed by atoms with van der Waals surface area (Å²) in [5.74, 6) is 2.42. The minimum absolute atomic E-state index is 0.230. The first-order valence-electron chi connectivity index (χ1n) is 9.74. The van der Waals surface area contributed by atoms with Gasteiger partial charge in [-0.1, -0.05) is 39.3 Å². The second-order valence-electron chi connectivity index (χ2n) is 7.13. The number of ether oxygens (including phenoxy) is 2. The monoisotopic (exact) mass is 364 g/mol. The zero-order valence-corrected chi connectivity index (χ0v) is 17.4. The summed E-state index contributed by atoms with van der Waals surface area (Å²) in [5, 5.41) is 0. The maximum Gasteiger partial charge on any atom is 0.323 e. The van der Waals surface area contributed by atoms with Crippen LogP contribution in [0.3, 0.4) is 0 Å². The summed E-state index contributed by atoms with van der Waals surface area (Å²) in [5.41, 5.74) is 0.0496. The Morgan fingerprint density at radius 3 is 1.88 bits per heavy atom. The lowest BCUT2D eigenvalue weighted by atomic mass is 9.77. The molecule has 0 aromatic carbocycles. The van der Waals surface area contributed by atoms with E-state index in [9.17, 15) is 9.59 Å². The van der Waals surface area contributed by atoms with Crippen molar-refractivity contribution in [2.24, 2.45) is 17.3 Å². The van der Waals surface area contributed by atoms with Crippen molar-refractivity contribution in [2.75, 3.05) is 13.2 Å². The molecule has 4 nitrogen and oxygen atoms in total. The number of carbonyl (C=O) groups excluding carboxylic acids is 2. The van der Waals surface area contributed by atoms with Crippen LogP contribution in [-0.4, -0.2) is 25.2 Å². The number of allylic oxidation sites excluding steroid dienone is 2. The third-order valence-corrected chi connectivity index (χ3v) is 4.54. The fourth-order valence-electron chi connectivity index (χ4n) is 3.27. The van der Waals surface area contributed by atoms with Crippen LogP contribution in [0.2, 0.25) is 0 Å². The molecule has 0 N–H and O–H groups in total. The third kappa shape index (κ3) is 7.23. The van der Waals surface area contributed by atoms with Gasteiger partial charge < -0.3 is 9.47 Å². The number of esters is 2. The lowest BCUT2D eigenvalue weighted by molar-refractivity contribution is -0.173. The van der Waals surface area contributed by atoms with Gasteiger partial charge in [0.1, 0.15) is 0 Å². The highest BCUT2D eigenvalue weighted by atomic mass is 16.6. The Kier molecular flexibility index (Phi) is 11.7. The average molecular weight is 365 g/mol. The normalized spacial score (nSPS) is 11.2. The molecule has 148 valence electrons. The summed E-state index contributed by atoms with van der Waals surface area (Å²) in [7, 11) is 0. The molecule has 0 amide bonds. The van der Waals surface area contributed by atoms with E-state index in [-0.39, 0.29) is 13.2 Å². The van der Waals surface area contributed by atoms with Crippen LogP contribution in [0.4, 0.5) is 0 Å². The molecule has 0 aliphatic rings. The van der Waals surface area contributed by atoms with Crippen LogP contribution in [-0.2, 0) is 19.1 Å². The Labute approximate surface area is 159 Å². The number of rotatable bonds is 12. The van der Waals surface area contributed by atoms with E-state index in [0.717, 1.165) is 0 Å². The first-order valence-corrected chi connectivity index (χ1v) is 9.74. The topological polar surface area (TPSA) is 52.6 Å². The van der Waals surface area contributed by atoms with Gasteiger partial charge in [-0.3, -0.25) is 9.59 Å². The fourth-order valence-corrected chi connectivity index (χ4v) is 3.27. The summed E-state index contributed by atoms with van der Waals surface area (Å²) in [6.07, 6.45) is 9.94. The van der Waals surface area contributed by atoms with Gasteiger partial charge in [0.05, 0.1) is 13.2 Å². The summed E-state index contributed by atoms with van der Waals surface area (Å²) >= 11 is 0. The Morgan fingerprint density at radius 2 is 1.50 bits per heavy atom. The SMILES string of the molecule is C#CCCCC(CCC=C(C(C)C)C(C)C)(C(=O)OCC)C(=O)OCC. The molecule has 0 bridgehead atoms. The molecule has 0 radical (unpaired) electrons. The largest absolute Gasteiger partial charge is 0.465 e. The van der Waals surface area contributed by atoms with Crippen LogP contribution < -0.4 is 0 Å². The van der Waals surface area contributed by atoms with Gasteiger partial charge >= 0.3 is 11.9 Å². The number of unbranched alkanes of at least 4 members (excludes halogenated alkanes) is 1. The molecule has 0 fully saturated rings. The quantitative estimate of drug-likeness (QED) is 0.162. The molecule has 0 saturated carbocycles. The molecule has 4 heteroatoms. The predicted molar refractivity (Wildman–Crippen MR) is 105 cm³/mol. The van der Waals surface area contributed by atoms with Gasteiger partial charge in [0.25, 0.3) is 0 Å². The maximum atomic E-state index is 12.7. The van der Waals surface area contributed by atoms with Crippen molar-refractivity contribution in [1.29, 1.82) is 0 Å². The number of hydrogen-bond donors (Lipinski definition) is 0. The van der Waals surface area contributed by atoms with Crippen LogP contribution in [0.25, 0.3) is 0 Å². The summed E-state index contributed by atoms with van der Waals surface area (Å²) < 4.78 is 10.5. The highest BCUT2D eigenvalue weighted by molar-refractivity contribution is 6.00. The van der Waals surface area contributed by atoms with Crippen molar-refractivity contribution < 1.29 is 19.1 Å². The van der Waals surface area contributed by atoms with Crippen molar-refractivity contribution >= 4 is 11.9 Å². The van der Waals surface area contributed by atoms with E-state index in [2.05, 4.69) is 39.7 Å². The van der Waals surface area contributed by atoms with Crippen molar-refractivity contribution in [3.63, 3.8) is 0 Å². The van der Waals surface area contributed by atoms with Gasteiger partial charge in [0.2, 0.25) is 0 Å². The minimum Gasteiger partial charge on any atom is -0.465 e. The molecule has 0 aliphatic heterocycles. The molecule has 0 saturated heterocycles. The van der Waals surface area contributed by atoms with Crippen molar-refractivity contribution in [2.45, 2.75) is 73.6 Å². The zero-order chi connectivity index (χ0) is 20.2. The molecular weight excluding hydrogens is 328 g/mol. The molecule has 0 unspecified atom stereocenters. The average Bonchev–Trinajstić information content (AvgIpc) is 2.56. The van der Waals surface area contributed by atoms with Crippen LogP contribution >= 0.6 is 0 Å². The van der Waals surface area contributed by atoms with Crippen LogP contribution in [0, 0.1) is 29.6 Å². The van der Waals surface area contributed by atoms with Crippen LogP contribution in [0.15, 0.2) is 11.6 Å². The third-order valence-electron chi connectivity index (χ3n) is 4.54. The Morgan fingerprint density at radius 1 is 1.00 bits per heavy atom. The Balaban J connectivity index is 5.62. The van der Waals surface area contributed by atoms with Crippen LogP contribution in [0.5, 0.6) is 0 Å². The second-order valence-corrected chi connectivity index (χ2v) is 7.13. The molecule has 0 rings (SSSR count). The zero-order valence-electron chi connectivity index (χ0n) is 17.4. The van der Waals surface area contributed by atoms with E-state index < -0.39 is 17.4 Å². The van der Waals surface area contributed by atoms with Gasteiger partial charge in [0, 0.05) is 6.42 Å². The first-order chi connectivity index (χ1) is 12.3. The van der Waals surface area contributed by atoms with Gasteiger partial charge in [-0.05, 0) is 51.4 Å². The Bertz CT molecular complexity index is 481. The second kappa shape index (κ2) is 12.6. The van der Waals surface area contributed by atoms with E-state index in [0.29, 0.717) is 43.9 Å². The fraction of sp³-hybridized carbons (Fsp3) is 0.727. The molecule has 26 heavy (non-hydrogen) atoms. The van der Waals surface area contributed by atoms with E-state index >= 15 is 0 Å². The van der Waals surface area contributed by atoms with Gasteiger partial charge in [-0.15, -0.1) is 12.3 Å². The lowest BCUT2D eigenvalue weighted by Gasteiger charge is -2.29. The highest BCUT2D eigenvalue weighted by Crippen LogP contribution is 2.35. The summed E-state index contributed by atoms with van der Waals surface area (Å²) in [6.45, 7) is 12.6. The molecule has 0 heterocycles. The van der Waals surface area contributed by atoms with Crippen molar-refractivity contribution in [3.05, 3.63) is 11.6 Å². The van der Waals surface area contributed by atoms with E-state index in [1.807, 2.05) is 0 Å². The molecule has 0 atom stereocenters. The highest BCUT2D eigenvalue weighted by Gasteiger charge is 2.47. The van der Waals surface area contributed by atoms with Gasteiger partial charge in [-0.2, -0.15) is 0 Å². The smallest absolute Gasteiger partial charge is 0.323 e. The van der Waals surface area contributed by atoms with Gasteiger partial charge in [-0.25, -0.2) is 0 Å². The molecule has 0 aromatic rings. The summed E-state index contributed by atoms with van der Waals surface area (Å²) in [4.78, 5) is 25.4. The maximum absolute atomic E-state index is 12.7. The van der Waals surface area contributed by atoms with E-state index in [1.165, 1.54) is 5.57 Å². The van der Waals surface area contributed by atoms with Crippen molar-refractivity contribution in [3.8, 4) is 12.3 Å². The Hall–Kier alpha value is -1.76. The number of hydrogen-bond acceptors (Lipinski definition) is 4. The van der Waals surface area contributed by atoms with E-state index in [4.69, 9.17) is 15.9 Å². The molecule has 0 aromatic heterocycles. The standard InChI is InChI=1S/C22H36O4/c1-8-11-12-15-22(20(23)25-9-2,21(24)26-10-3)16-13-14-19(17(4)5)18(6)7/h1,14,17-18H,9-13,15-16H2,2-7H3. The van der Waals surface area contributed by atoms with Crippen LogP contribution in [0.1, 0.15) is 73.6 Å². The first kappa shape index (κ1) is 24.2. The van der Waals surface area contributed by atoms with Crippen molar-refractivity contribution in [1.82, 2.24) is 0 Å². The number of carbonyl (C=O) groups is 2. The minimum atomic E-state index is -1.28.